The molecule has 0 aliphatic rings. The van der Waals surface area contributed by atoms with Crippen LogP contribution < -0.4 is 0 Å². The summed E-state index contributed by atoms with van der Waals surface area (Å²) in [4.78, 5) is 18.6. The fourth-order valence-corrected chi connectivity index (χ4v) is 3.26. The van der Waals surface area contributed by atoms with Gasteiger partial charge in [-0.25, -0.2) is 0 Å². The van der Waals surface area contributed by atoms with Gasteiger partial charge in [0.1, 0.15) is 0 Å². The average molecular weight is 242 g/mol. The standard InChI is InChI=1S/C6H11O2PS3/c1-3-4-11-6(2)5-12-9(7,8)10/h3H,1-2,4-5H2,(H2,7,8,10). The fraction of sp³-hybridized carbons (Fsp3) is 0.333. The maximum absolute atomic E-state index is 8.87. The van der Waals surface area contributed by atoms with Gasteiger partial charge in [-0.1, -0.05) is 24.0 Å². The summed E-state index contributed by atoms with van der Waals surface area (Å²) in [6.45, 7) is 7.30. The molecule has 0 amide bonds. The fourth-order valence-electron chi connectivity index (χ4n) is 0.375. The van der Waals surface area contributed by atoms with E-state index in [0.29, 0.717) is 5.75 Å². The molecule has 0 atom stereocenters. The molecular formula is C6H11O2PS3. The molecule has 0 spiro atoms. The molecule has 2 N–H and O–H groups in total. The highest BCUT2D eigenvalue weighted by Gasteiger charge is 2.08. The molecule has 6 heteroatoms. The van der Waals surface area contributed by atoms with Crippen molar-refractivity contribution < 1.29 is 9.79 Å². The monoisotopic (exact) mass is 242 g/mol. The van der Waals surface area contributed by atoms with Crippen LogP contribution >= 0.6 is 28.8 Å². The van der Waals surface area contributed by atoms with Crippen molar-refractivity contribution in [2.75, 3.05) is 11.5 Å². The molecule has 70 valence electrons. The zero-order valence-electron chi connectivity index (χ0n) is 6.47. The Labute approximate surface area is 86.1 Å². The Balaban J connectivity index is 3.58. The summed E-state index contributed by atoms with van der Waals surface area (Å²) >= 11 is 6.94. The predicted octanol–water partition coefficient (Wildman–Crippen LogP) is 2.36. The van der Waals surface area contributed by atoms with Crippen LogP contribution in [0.15, 0.2) is 24.1 Å². The SMILES string of the molecule is C=CCSC(=C)CSP(O)(O)=S. The molecule has 2 nitrogen and oxygen atoms in total. The zero-order chi connectivity index (χ0) is 9.61. The predicted molar refractivity (Wildman–Crippen MR) is 63.0 cm³/mol. The summed E-state index contributed by atoms with van der Waals surface area (Å²) in [5.41, 5.74) is -3.10. The molecule has 0 aromatic carbocycles. The van der Waals surface area contributed by atoms with Gasteiger partial charge in [0.2, 0.25) is 5.69 Å². The summed E-state index contributed by atoms with van der Waals surface area (Å²) < 4.78 is 0. The second kappa shape index (κ2) is 6.24. The molecule has 0 aromatic heterocycles. The first-order valence-electron chi connectivity index (χ1n) is 3.07. The van der Waals surface area contributed by atoms with E-state index in [4.69, 9.17) is 9.79 Å². The first-order valence-corrected chi connectivity index (χ1v) is 8.35. The second-order valence-electron chi connectivity index (χ2n) is 1.90. The van der Waals surface area contributed by atoms with E-state index in [9.17, 15) is 0 Å². The molecule has 0 saturated heterocycles. The van der Waals surface area contributed by atoms with E-state index in [-0.39, 0.29) is 0 Å². The van der Waals surface area contributed by atoms with Crippen LogP contribution in [0.2, 0.25) is 0 Å². The lowest BCUT2D eigenvalue weighted by Crippen LogP contribution is -1.81. The third-order valence-corrected chi connectivity index (χ3v) is 5.10. The summed E-state index contributed by atoms with van der Waals surface area (Å²) in [7, 11) is 0. The van der Waals surface area contributed by atoms with E-state index >= 15 is 0 Å². The Morgan fingerprint density at radius 1 is 1.58 bits per heavy atom. The largest absolute Gasteiger partial charge is 0.338 e. The molecule has 0 aliphatic heterocycles. The average Bonchev–Trinajstić information content (AvgIpc) is 1.95. The minimum Gasteiger partial charge on any atom is -0.338 e. The Bertz CT molecular complexity index is 211. The molecular weight excluding hydrogens is 231 g/mol. The Morgan fingerprint density at radius 2 is 2.17 bits per heavy atom. The van der Waals surface area contributed by atoms with Gasteiger partial charge in [0.05, 0.1) is 0 Å². The zero-order valence-corrected chi connectivity index (χ0v) is 9.82. The highest BCUT2D eigenvalue weighted by Crippen LogP contribution is 2.51. The van der Waals surface area contributed by atoms with Crippen molar-refractivity contribution in [3.8, 4) is 0 Å². The van der Waals surface area contributed by atoms with Crippen LogP contribution in [0.25, 0.3) is 0 Å². The van der Waals surface area contributed by atoms with Gasteiger partial charge in [-0.2, -0.15) is 0 Å². The Morgan fingerprint density at radius 3 is 2.58 bits per heavy atom. The highest BCUT2D eigenvalue weighted by molar-refractivity contribution is 8.67. The van der Waals surface area contributed by atoms with E-state index in [1.807, 2.05) is 0 Å². The van der Waals surface area contributed by atoms with Crippen LogP contribution in [0, 0.1) is 0 Å². The van der Waals surface area contributed by atoms with Crippen molar-refractivity contribution in [2.45, 2.75) is 0 Å². The van der Waals surface area contributed by atoms with Crippen LogP contribution in [0.3, 0.4) is 0 Å². The van der Waals surface area contributed by atoms with Gasteiger partial charge in [-0.15, -0.1) is 18.3 Å². The maximum Gasteiger partial charge on any atom is 0.242 e. The lowest BCUT2D eigenvalue weighted by Gasteiger charge is -2.06. The normalized spacial score (nSPS) is 11.2. The van der Waals surface area contributed by atoms with Gasteiger partial charge in [0.15, 0.2) is 0 Å². The summed E-state index contributed by atoms with van der Waals surface area (Å²) in [5.74, 6) is 1.28. The summed E-state index contributed by atoms with van der Waals surface area (Å²) in [6, 6.07) is 0. The Kier molecular flexibility index (Phi) is 6.63. The first-order chi connectivity index (χ1) is 5.45. The third kappa shape index (κ3) is 8.84. The lowest BCUT2D eigenvalue weighted by molar-refractivity contribution is 0.502. The second-order valence-corrected chi connectivity index (χ2v) is 9.15. The number of rotatable bonds is 6. The van der Waals surface area contributed by atoms with E-state index in [1.165, 1.54) is 11.8 Å². The molecule has 0 radical (unpaired) electrons. The third-order valence-electron chi connectivity index (χ3n) is 0.799. The summed E-state index contributed by atoms with van der Waals surface area (Å²) in [5, 5.41) is 0. The van der Waals surface area contributed by atoms with Crippen molar-refractivity contribution in [1.82, 2.24) is 0 Å². The van der Waals surface area contributed by atoms with E-state index in [0.717, 1.165) is 22.0 Å². The lowest BCUT2D eigenvalue weighted by atomic mass is 10.7. The van der Waals surface area contributed by atoms with Crippen molar-refractivity contribution in [3.05, 3.63) is 24.1 Å². The molecule has 0 unspecified atom stereocenters. The minimum absolute atomic E-state index is 0.489. The van der Waals surface area contributed by atoms with Gasteiger partial charge in [0, 0.05) is 11.5 Å². The van der Waals surface area contributed by atoms with Gasteiger partial charge in [-0.3, -0.25) is 0 Å². The first kappa shape index (κ1) is 12.8. The van der Waals surface area contributed by atoms with E-state index in [1.54, 1.807) is 6.08 Å². The van der Waals surface area contributed by atoms with Crippen LogP contribution in [0.4, 0.5) is 0 Å². The minimum atomic E-state index is -3.10. The molecule has 0 heterocycles. The molecule has 0 fully saturated rings. The van der Waals surface area contributed by atoms with Crippen molar-refractivity contribution in [1.29, 1.82) is 0 Å². The topological polar surface area (TPSA) is 40.5 Å². The maximum atomic E-state index is 8.87. The summed E-state index contributed by atoms with van der Waals surface area (Å²) in [6.07, 6.45) is 1.77. The smallest absolute Gasteiger partial charge is 0.242 e. The van der Waals surface area contributed by atoms with Gasteiger partial charge >= 0.3 is 0 Å². The number of hydrogen-bond acceptors (Lipinski definition) is 3. The quantitative estimate of drug-likeness (QED) is 0.553. The van der Waals surface area contributed by atoms with Crippen LogP contribution in [-0.2, 0) is 11.8 Å². The molecule has 12 heavy (non-hydrogen) atoms. The van der Waals surface area contributed by atoms with Crippen molar-refractivity contribution in [2.24, 2.45) is 0 Å². The molecule has 0 aliphatic carbocycles. The van der Waals surface area contributed by atoms with Gasteiger partial charge in [0.25, 0.3) is 0 Å². The molecule has 0 saturated carbocycles. The van der Waals surface area contributed by atoms with Gasteiger partial charge < -0.3 is 9.79 Å². The van der Waals surface area contributed by atoms with Crippen LogP contribution in [0.1, 0.15) is 0 Å². The highest BCUT2D eigenvalue weighted by atomic mass is 32.9. The molecule has 0 rings (SSSR count). The van der Waals surface area contributed by atoms with Gasteiger partial charge in [-0.05, 0) is 16.7 Å². The molecule has 0 aromatic rings. The number of hydrogen-bond donors (Lipinski definition) is 2. The van der Waals surface area contributed by atoms with E-state index < -0.39 is 5.69 Å². The van der Waals surface area contributed by atoms with Crippen LogP contribution in [0.5, 0.6) is 0 Å². The van der Waals surface area contributed by atoms with E-state index in [2.05, 4.69) is 25.0 Å². The van der Waals surface area contributed by atoms with Crippen LogP contribution in [-0.4, -0.2) is 21.3 Å². The molecule has 0 bridgehead atoms. The number of thioether (sulfide) groups is 1. The van der Waals surface area contributed by atoms with Crippen molar-refractivity contribution in [3.63, 3.8) is 0 Å². The Hall–Kier alpha value is 0.750. The van der Waals surface area contributed by atoms with Crippen molar-refractivity contribution >= 4 is 40.6 Å².